The Hall–Kier alpha value is -1.89. The second kappa shape index (κ2) is 10.4. The number of hydrogen-bond acceptors (Lipinski definition) is 4. The molecule has 0 radical (unpaired) electrons. The first kappa shape index (κ1) is 23.1. The van der Waals surface area contributed by atoms with Crippen molar-refractivity contribution in [2.24, 2.45) is 0 Å². The molecule has 0 unspecified atom stereocenters. The Bertz CT molecular complexity index is 701. The van der Waals surface area contributed by atoms with Crippen LogP contribution in [0.4, 0.5) is 0 Å². The first-order valence-corrected chi connectivity index (χ1v) is 8.96. The molecule has 0 bridgehead atoms. The SMILES string of the molecule is Br.CC[N+](C)(CC)CCO.O=C([O-])C1c2ccccc2Oc2ccccc21. The molecule has 1 aliphatic heterocycles. The minimum Gasteiger partial charge on any atom is -0.549 e. The number of carboxylic acids is 1. The van der Waals surface area contributed by atoms with E-state index in [-0.39, 0.29) is 17.0 Å². The van der Waals surface area contributed by atoms with Gasteiger partial charge in [-0.1, -0.05) is 36.4 Å². The second-order valence-corrected chi connectivity index (χ2v) is 6.63. The van der Waals surface area contributed by atoms with E-state index < -0.39 is 11.9 Å². The first-order valence-electron chi connectivity index (χ1n) is 8.96. The van der Waals surface area contributed by atoms with Crippen LogP contribution in [0.2, 0.25) is 0 Å². The molecule has 0 atom stereocenters. The fourth-order valence-electron chi connectivity index (χ4n) is 2.95. The van der Waals surface area contributed by atoms with Crippen molar-refractivity contribution in [1.82, 2.24) is 0 Å². The van der Waals surface area contributed by atoms with Gasteiger partial charge >= 0.3 is 0 Å². The predicted molar refractivity (Wildman–Crippen MR) is 109 cm³/mol. The molecular formula is C21H28BrNO4. The number of carbonyl (C=O) groups is 1. The lowest BCUT2D eigenvalue weighted by atomic mass is 9.88. The van der Waals surface area contributed by atoms with Crippen LogP contribution in [-0.4, -0.2) is 48.8 Å². The lowest BCUT2D eigenvalue weighted by Gasteiger charge is -2.31. The van der Waals surface area contributed by atoms with Crippen molar-refractivity contribution < 1.29 is 24.2 Å². The van der Waals surface area contributed by atoms with E-state index in [2.05, 4.69) is 20.9 Å². The smallest absolute Gasteiger partial charge is 0.131 e. The summed E-state index contributed by atoms with van der Waals surface area (Å²) in [5, 5.41) is 20.0. The van der Waals surface area contributed by atoms with E-state index in [4.69, 9.17) is 9.84 Å². The van der Waals surface area contributed by atoms with Crippen molar-refractivity contribution in [2.45, 2.75) is 19.8 Å². The van der Waals surface area contributed by atoms with Crippen LogP contribution < -0.4 is 9.84 Å². The third-order valence-corrected chi connectivity index (χ3v) is 5.08. The molecule has 6 heteroatoms. The standard InChI is InChI=1S/C14H10O3.C7H18NO.BrH/c15-14(16)13-9-5-1-3-7-11(9)17-12-8-4-2-6-10(12)13;1-4-8(3,5-2)6-7-9;/h1-8,13H,(H,15,16);9H,4-7H2,1-3H3;1H/q;+1;/p-1. The van der Waals surface area contributed by atoms with Gasteiger partial charge in [0.05, 0.1) is 38.6 Å². The Morgan fingerprint density at radius 1 is 1.04 bits per heavy atom. The third kappa shape index (κ3) is 5.54. The highest BCUT2D eigenvalue weighted by molar-refractivity contribution is 8.93. The number of halogens is 1. The number of benzene rings is 2. The van der Waals surface area contributed by atoms with Gasteiger partial charge in [0.15, 0.2) is 0 Å². The number of quaternary nitrogens is 1. The molecule has 0 fully saturated rings. The summed E-state index contributed by atoms with van der Waals surface area (Å²) in [6.07, 6.45) is 0. The van der Waals surface area contributed by atoms with E-state index in [1.807, 2.05) is 12.1 Å². The van der Waals surface area contributed by atoms with Crippen LogP contribution >= 0.6 is 17.0 Å². The van der Waals surface area contributed by atoms with Gasteiger partial charge in [-0.15, -0.1) is 17.0 Å². The summed E-state index contributed by atoms with van der Waals surface area (Å²) in [4.78, 5) is 11.3. The Kier molecular flexibility index (Phi) is 8.96. The van der Waals surface area contributed by atoms with Gasteiger partial charge in [-0.05, 0) is 26.0 Å². The quantitative estimate of drug-likeness (QED) is 0.729. The summed E-state index contributed by atoms with van der Waals surface area (Å²) in [7, 11) is 2.16. The molecule has 3 rings (SSSR count). The number of aliphatic hydroxyl groups excluding tert-OH is 1. The Balaban J connectivity index is 0.000000316. The van der Waals surface area contributed by atoms with Crippen LogP contribution in [0.1, 0.15) is 30.9 Å². The van der Waals surface area contributed by atoms with E-state index >= 15 is 0 Å². The third-order valence-electron chi connectivity index (χ3n) is 5.08. The number of aliphatic carboxylic acids is 1. The molecule has 0 saturated heterocycles. The molecule has 1 aliphatic rings. The molecule has 0 saturated carbocycles. The predicted octanol–water partition coefficient (Wildman–Crippen LogP) is 2.72. The molecule has 1 heterocycles. The lowest BCUT2D eigenvalue weighted by Crippen LogP contribution is -2.45. The largest absolute Gasteiger partial charge is 0.549 e. The monoisotopic (exact) mass is 437 g/mol. The van der Waals surface area contributed by atoms with E-state index in [1.165, 1.54) is 0 Å². The van der Waals surface area contributed by atoms with Crippen LogP contribution in [0.25, 0.3) is 0 Å². The summed E-state index contributed by atoms with van der Waals surface area (Å²) < 4.78 is 6.65. The minimum atomic E-state index is -1.10. The Morgan fingerprint density at radius 3 is 1.81 bits per heavy atom. The van der Waals surface area contributed by atoms with Crippen LogP contribution in [0.5, 0.6) is 11.5 Å². The molecule has 27 heavy (non-hydrogen) atoms. The maximum absolute atomic E-state index is 11.3. The minimum absolute atomic E-state index is 0. The maximum atomic E-state index is 11.3. The van der Waals surface area contributed by atoms with Gasteiger partial charge in [0, 0.05) is 11.1 Å². The zero-order valence-electron chi connectivity index (χ0n) is 16.1. The molecule has 2 aromatic rings. The molecule has 0 aliphatic carbocycles. The Morgan fingerprint density at radius 2 is 1.48 bits per heavy atom. The number of likely N-dealkylation sites (N-methyl/N-ethyl adjacent to an activating group) is 1. The Labute approximate surface area is 171 Å². The van der Waals surface area contributed by atoms with Crippen molar-refractivity contribution >= 4 is 23.0 Å². The molecule has 0 amide bonds. The van der Waals surface area contributed by atoms with Gasteiger partial charge in [0.25, 0.3) is 0 Å². The summed E-state index contributed by atoms with van der Waals surface area (Å²) in [6.45, 7) is 7.71. The second-order valence-electron chi connectivity index (χ2n) is 6.63. The highest BCUT2D eigenvalue weighted by atomic mass is 79.9. The van der Waals surface area contributed by atoms with Gasteiger partial charge in [-0.2, -0.15) is 0 Å². The number of aliphatic hydroxyl groups is 1. The van der Waals surface area contributed by atoms with Crippen molar-refractivity contribution in [3.63, 3.8) is 0 Å². The van der Waals surface area contributed by atoms with Crippen LogP contribution in [0, 0.1) is 0 Å². The van der Waals surface area contributed by atoms with Crippen LogP contribution in [-0.2, 0) is 4.79 Å². The van der Waals surface area contributed by atoms with Crippen LogP contribution in [0.3, 0.4) is 0 Å². The van der Waals surface area contributed by atoms with Gasteiger partial charge in [-0.25, -0.2) is 0 Å². The van der Waals surface area contributed by atoms with Gasteiger partial charge in [-0.3, -0.25) is 0 Å². The van der Waals surface area contributed by atoms with E-state index in [0.717, 1.165) is 24.1 Å². The average Bonchev–Trinajstić information content (AvgIpc) is 2.66. The number of carbonyl (C=O) groups excluding carboxylic acids is 1. The summed E-state index contributed by atoms with van der Waals surface area (Å²) in [5.74, 6) is -0.690. The highest BCUT2D eigenvalue weighted by Gasteiger charge is 2.27. The number of rotatable bonds is 5. The molecule has 0 spiro atoms. The molecule has 148 valence electrons. The van der Waals surface area contributed by atoms with Crippen molar-refractivity contribution in [3.05, 3.63) is 59.7 Å². The number of hydrogen-bond donors (Lipinski definition) is 1. The maximum Gasteiger partial charge on any atom is 0.131 e. The highest BCUT2D eigenvalue weighted by Crippen LogP contribution is 2.43. The topological polar surface area (TPSA) is 69.6 Å². The normalized spacial score (nSPS) is 12.4. The summed E-state index contributed by atoms with van der Waals surface area (Å²) >= 11 is 0. The van der Waals surface area contributed by atoms with E-state index in [9.17, 15) is 9.90 Å². The number of ether oxygens (including phenoxy) is 1. The average molecular weight is 438 g/mol. The van der Waals surface area contributed by atoms with Crippen molar-refractivity contribution in [2.75, 3.05) is 33.3 Å². The number of fused-ring (bicyclic) bond motifs is 2. The molecular weight excluding hydrogens is 410 g/mol. The van der Waals surface area contributed by atoms with Crippen LogP contribution in [0.15, 0.2) is 48.5 Å². The molecule has 5 nitrogen and oxygen atoms in total. The van der Waals surface area contributed by atoms with E-state index in [1.54, 1.807) is 36.4 Å². The summed E-state index contributed by atoms with van der Waals surface area (Å²) in [6, 6.07) is 14.3. The number of nitrogens with zero attached hydrogens (tertiary/aromatic N) is 1. The fraction of sp³-hybridized carbons (Fsp3) is 0.381. The first-order chi connectivity index (χ1) is 12.5. The van der Waals surface area contributed by atoms with Crippen molar-refractivity contribution in [1.29, 1.82) is 0 Å². The zero-order valence-corrected chi connectivity index (χ0v) is 17.8. The molecule has 0 aromatic heterocycles. The van der Waals surface area contributed by atoms with Gasteiger partial charge < -0.3 is 24.2 Å². The molecule has 1 N–H and O–H groups in total. The zero-order chi connectivity index (χ0) is 19.2. The van der Waals surface area contributed by atoms with Gasteiger partial charge in [0.1, 0.15) is 18.0 Å². The molecule has 2 aromatic carbocycles. The van der Waals surface area contributed by atoms with E-state index in [0.29, 0.717) is 29.2 Å². The lowest BCUT2D eigenvalue weighted by molar-refractivity contribution is -0.906. The fourth-order valence-corrected chi connectivity index (χ4v) is 2.95. The number of carboxylic acid groups (broad SMARTS) is 1. The van der Waals surface area contributed by atoms with Gasteiger partial charge in [0.2, 0.25) is 0 Å². The number of para-hydroxylation sites is 2. The van der Waals surface area contributed by atoms with Crippen molar-refractivity contribution in [3.8, 4) is 11.5 Å². The summed E-state index contributed by atoms with van der Waals surface area (Å²) in [5.41, 5.74) is 1.29.